The Morgan fingerprint density at radius 2 is 1.91 bits per heavy atom. The first-order valence-electron chi connectivity index (χ1n) is 10.5. The number of carbonyl (C=O) groups is 1. The zero-order valence-electron chi connectivity index (χ0n) is 17.6. The van der Waals surface area contributed by atoms with Gasteiger partial charge in [0.1, 0.15) is 23.0 Å². The van der Waals surface area contributed by atoms with E-state index in [1.165, 1.54) is 22.5 Å². The van der Waals surface area contributed by atoms with E-state index in [0.29, 0.717) is 12.8 Å². The summed E-state index contributed by atoms with van der Waals surface area (Å²) in [5.74, 6) is -1.44. The van der Waals surface area contributed by atoms with Crippen LogP contribution in [0.25, 0.3) is 0 Å². The Morgan fingerprint density at radius 3 is 2.58 bits per heavy atom. The van der Waals surface area contributed by atoms with Gasteiger partial charge in [0.2, 0.25) is 15.9 Å². The first-order chi connectivity index (χ1) is 15.6. The first kappa shape index (κ1) is 22.1. The SMILES string of the molecule is C[C@@H]1COc2nc(C(F)F)cnc2C(=O)N1C1CC2(C1)CN(S(=O)(=O)c1ccccc1F)C2. The molecule has 2 fully saturated rings. The van der Waals surface area contributed by atoms with E-state index in [4.69, 9.17) is 4.74 Å². The lowest BCUT2D eigenvalue weighted by molar-refractivity contribution is -0.0757. The number of hydrogen-bond donors (Lipinski definition) is 0. The number of sulfonamides is 1. The molecule has 1 aromatic carbocycles. The Bertz CT molecular complexity index is 1210. The monoisotopic (exact) mass is 482 g/mol. The highest BCUT2D eigenvalue weighted by Crippen LogP contribution is 2.52. The summed E-state index contributed by atoms with van der Waals surface area (Å²) < 4.78 is 72.1. The number of aromatic nitrogens is 2. The van der Waals surface area contributed by atoms with E-state index >= 15 is 0 Å². The molecule has 1 amide bonds. The van der Waals surface area contributed by atoms with E-state index in [-0.39, 0.29) is 53.7 Å². The molecule has 33 heavy (non-hydrogen) atoms. The van der Waals surface area contributed by atoms with E-state index in [1.54, 1.807) is 11.8 Å². The van der Waals surface area contributed by atoms with Crippen molar-refractivity contribution in [3.63, 3.8) is 0 Å². The van der Waals surface area contributed by atoms with E-state index in [1.807, 2.05) is 0 Å². The topological polar surface area (TPSA) is 92.7 Å². The van der Waals surface area contributed by atoms with Gasteiger partial charge in [-0.1, -0.05) is 12.1 Å². The van der Waals surface area contributed by atoms with Crippen LogP contribution in [0.3, 0.4) is 0 Å². The lowest BCUT2D eigenvalue weighted by atomic mass is 9.61. The molecule has 1 atom stereocenters. The zero-order valence-corrected chi connectivity index (χ0v) is 18.4. The van der Waals surface area contributed by atoms with Crippen molar-refractivity contribution >= 4 is 15.9 Å². The van der Waals surface area contributed by atoms with Crippen LogP contribution in [0.15, 0.2) is 35.4 Å². The fourth-order valence-corrected chi connectivity index (χ4v) is 6.66. The summed E-state index contributed by atoms with van der Waals surface area (Å²) in [7, 11) is -3.92. The summed E-state index contributed by atoms with van der Waals surface area (Å²) in [6, 6.07) is 4.75. The molecule has 1 aromatic heterocycles. The zero-order chi connectivity index (χ0) is 23.5. The van der Waals surface area contributed by atoms with Crippen molar-refractivity contribution in [3.8, 4) is 5.88 Å². The maximum Gasteiger partial charge on any atom is 0.282 e. The van der Waals surface area contributed by atoms with Crippen LogP contribution in [0.5, 0.6) is 5.88 Å². The van der Waals surface area contributed by atoms with Crippen molar-refractivity contribution in [2.75, 3.05) is 19.7 Å². The van der Waals surface area contributed by atoms with Gasteiger partial charge in [0, 0.05) is 24.5 Å². The molecule has 3 heterocycles. The Hall–Kier alpha value is -2.73. The number of hydrogen-bond acceptors (Lipinski definition) is 6. The number of amides is 1. The summed E-state index contributed by atoms with van der Waals surface area (Å²) in [6.07, 6.45) is -0.806. The molecular weight excluding hydrogens is 461 g/mol. The fourth-order valence-electron chi connectivity index (χ4n) is 4.93. The van der Waals surface area contributed by atoms with Crippen molar-refractivity contribution in [1.29, 1.82) is 0 Å². The standard InChI is InChI=1S/C21H21F3N4O4S/c1-12-9-32-19-17(25-8-15(26-19)18(23)24)20(29)28(12)13-6-21(7-13)10-27(11-21)33(30,31)16-5-3-2-4-14(16)22/h2-5,8,12-13,18H,6-7,9-11H2,1H3/t12-/m1/s1. The molecule has 1 saturated heterocycles. The van der Waals surface area contributed by atoms with Gasteiger partial charge in [-0.05, 0) is 31.9 Å². The predicted octanol–water partition coefficient (Wildman–Crippen LogP) is 2.63. The van der Waals surface area contributed by atoms with Gasteiger partial charge in [-0.3, -0.25) is 4.79 Å². The number of benzene rings is 1. The minimum absolute atomic E-state index is 0.0808. The molecule has 1 saturated carbocycles. The van der Waals surface area contributed by atoms with Gasteiger partial charge in [-0.2, -0.15) is 4.31 Å². The van der Waals surface area contributed by atoms with Crippen LogP contribution in [-0.4, -0.2) is 65.3 Å². The Labute approximate surface area is 188 Å². The number of halogens is 3. The van der Waals surface area contributed by atoms with Gasteiger partial charge < -0.3 is 9.64 Å². The molecule has 5 rings (SSSR count). The van der Waals surface area contributed by atoms with Gasteiger partial charge >= 0.3 is 0 Å². The summed E-state index contributed by atoms with van der Waals surface area (Å²) in [5.41, 5.74) is -0.942. The summed E-state index contributed by atoms with van der Waals surface area (Å²) >= 11 is 0. The first-order valence-corrected chi connectivity index (χ1v) is 11.9. The quantitative estimate of drug-likeness (QED) is 0.665. The van der Waals surface area contributed by atoms with Crippen molar-refractivity contribution in [2.45, 2.75) is 43.2 Å². The number of rotatable bonds is 4. The average molecular weight is 482 g/mol. The highest BCUT2D eigenvalue weighted by molar-refractivity contribution is 7.89. The highest BCUT2D eigenvalue weighted by Gasteiger charge is 2.58. The number of carbonyl (C=O) groups excluding carboxylic acids is 1. The highest BCUT2D eigenvalue weighted by atomic mass is 32.2. The minimum Gasteiger partial charge on any atom is -0.474 e. The van der Waals surface area contributed by atoms with Crippen molar-refractivity contribution < 1.29 is 31.1 Å². The minimum atomic E-state index is -3.92. The van der Waals surface area contributed by atoms with E-state index < -0.39 is 33.9 Å². The van der Waals surface area contributed by atoms with Crippen LogP contribution >= 0.6 is 0 Å². The molecule has 0 unspecified atom stereocenters. The molecule has 176 valence electrons. The molecule has 0 radical (unpaired) electrons. The normalized spacial score (nSPS) is 23.0. The third-order valence-corrected chi connectivity index (χ3v) is 8.39. The molecule has 0 N–H and O–H groups in total. The summed E-state index contributed by atoms with van der Waals surface area (Å²) in [4.78, 5) is 22.0. The van der Waals surface area contributed by atoms with E-state index in [9.17, 15) is 26.4 Å². The number of ether oxygens (including phenoxy) is 1. The smallest absolute Gasteiger partial charge is 0.282 e. The number of fused-ring (bicyclic) bond motifs is 1. The molecule has 2 aliphatic heterocycles. The summed E-state index contributed by atoms with van der Waals surface area (Å²) in [5, 5.41) is 0. The molecule has 1 spiro atoms. The largest absolute Gasteiger partial charge is 0.474 e. The molecule has 3 aliphatic rings. The van der Waals surface area contributed by atoms with Crippen LogP contribution in [0, 0.1) is 11.2 Å². The lowest BCUT2D eigenvalue weighted by Crippen LogP contribution is -2.68. The maximum atomic E-state index is 14.0. The fraction of sp³-hybridized carbons (Fsp3) is 0.476. The van der Waals surface area contributed by atoms with Crippen LogP contribution in [0.1, 0.15) is 42.4 Å². The molecule has 1 aliphatic carbocycles. The van der Waals surface area contributed by atoms with Crippen LogP contribution in [0.2, 0.25) is 0 Å². The Kier molecular flexibility index (Phi) is 5.12. The number of nitrogens with zero attached hydrogens (tertiary/aromatic N) is 4. The van der Waals surface area contributed by atoms with Crippen molar-refractivity contribution in [2.24, 2.45) is 5.41 Å². The van der Waals surface area contributed by atoms with Crippen LogP contribution in [-0.2, 0) is 10.0 Å². The van der Waals surface area contributed by atoms with Gasteiger partial charge in [-0.25, -0.2) is 31.6 Å². The lowest BCUT2D eigenvalue weighted by Gasteiger charge is -2.60. The van der Waals surface area contributed by atoms with Gasteiger partial charge in [0.05, 0.1) is 12.2 Å². The van der Waals surface area contributed by atoms with E-state index in [0.717, 1.165) is 12.3 Å². The molecular formula is C21H21F3N4O4S. The Balaban J connectivity index is 1.28. The Morgan fingerprint density at radius 1 is 1.21 bits per heavy atom. The van der Waals surface area contributed by atoms with E-state index in [2.05, 4.69) is 9.97 Å². The van der Waals surface area contributed by atoms with Gasteiger partial charge in [0.25, 0.3) is 12.3 Å². The molecule has 12 heteroatoms. The molecule has 8 nitrogen and oxygen atoms in total. The average Bonchev–Trinajstić information content (AvgIpc) is 2.83. The third-order valence-electron chi connectivity index (χ3n) is 6.56. The van der Waals surface area contributed by atoms with Gasteiger partial charge in [0.15, 0.2) is 5.69 Å². The summed E-state index contributed by atoms with van der Waals surface area (Å²) in [6.45, 7) is 2.37. The second-order valence-corrected chi connectivity index (χ2v) is 10.8. The second kappa shape index (κ2) is 7.66. The molecule has 0 bridgehead atoms. The maximum absolute atomic E-state index is 14.0. The van der Waals surface area contributed by atoms with Crippen molar-refractivity contribution in [1.82, 2.24) is 19.2 Å². The number of alkyl halides is 2. The van der Waals surface area contributed by atoms with Crippen molar-refractivity contribution in [3.05, 3.63) is 47.7 Å². The predicted molar refractivity (Wildman–Crippen MR) is 109 cm³/mol. The third kappa shape index (κ3) is 3.55. The second-order valence-electron chi connectivity index (χ2n) is 8.89. The van der Waals surface area contributed by atoms with Crippen LogP contribution < -0.4 is 4.74 Å². The molecule has 2 aromatic rings. The van der Waals surface area contributed by atoms with Gasteiger partial charge in [-0.15, -0.1) is 0 Å². The van der Waals surface area contributed by atoms with Crippen LogP contribution in [0.4, 0.5) is 13.2 Å².